The lowest BCUT2D eigenvalue weighted by atomic mass is 10.0. The van der Waals surface area contributed by atoms with E-state index in [2.05, 4.69) is 0 Å². The van der Waals surface area contributed by atoms with Crippen LogP contribution in [0.1, 0.15) is 47.1 Å². The van der Waals surface area contributed by atoms with Gasteiger partial charge < -0.3 is 23.7 Å². The van der Waals surface area contributed by atoms with Crippen molar-refractivity contribution in [1.82, 2.24) is 4.90 Å². The van der Waals surface area contributed by atoms with Crippen LogP contribution in [0.2, 0.25) is 0 Å². The van der Waals surface area contributed by atoms with Gasteiger partial charge in [0.05, 0.1) is 25.6 Å². The van der Waals surface area contributed by atoms with E-state index in [9.17, 15) is 14.4 Å². The summed E-state index contributed by atoms with van der Waals surface area (Å²) in [5.74, 6) is 1.35. The summed E-state index contributed by atoms with van der Waals surface area (Å²) in [6.07, 6.45) is -2.93. The number of nitrogens with zero attached hydrogens (tertiary/aromatic N) is 1. The molecule has 2 aliphatic rings. The third-order valence-corrected chi connectivity index (χ3v) is 8.16. The molecule has 0 radical (unpaired) electrons. The van der Waals surface area contributed by atoms with E-state index in [-0.39, 0.29) is 18.4 Å². The Hall–Kier alpha value is -2.27. The molecule has 0 aliphatic carbocycles. The zero-order valence-electron chi connectivity index (χ0n) is 22.5. The van der Waals surface area contributed by atoms with Gasteiger partial charge in [-0.25, -0.2) is 9.59 Å². The zero-order chi connectivity index (χ0) is 27.4. The van der Waals surface area contributed by atoms with Gasteiger partial charge in [0.25, 0.3) is 0 Å². The van der Waals surface area contributed by atoms with Crippen molar-refractivity contribution in [3.05, 3.63) is 29.8 Å². The van der Waals surface area contributed by atoms with E-state index in [4.69, 9.17) is 23.7 Å². The Kier molecular flexibility index (Phi) is 9.55. The topological polar surface area (TPSA) is 101 Å². The Labute approximate surface area is 226 Å². The number of carbonyl (C=O) groups is 3. The van der Waals surface area contributed by atoms with Crippen molar-refractivity contribution in [2.24, 2.45) is 5.92 Å². The standard InChI is InChI=1S/C26H37NO8S2/c1-25(2,3)34-23(29)27-13-20(32-24(30)35-26(4,5)6)21(33-22(28)17-14-36-37-15-17)19(27)12-16-8-10-18(31-7)11-9-16/h8-11,17,19-21H,12-15H2,1-7H3/t19-,20+,21+/m1/s1. The molecule has 1 amide bonds. The predicted molar refractivity (Wildman–Crippen MR) is 143 cm³/mol. The highest BCUT2D eigenvalue weighted by Gasteiger charge is 2.50. The van der Waals surface area contributed by atoms with E-state index in [1.54, 1.807) is 70.2 Å². The average Bonchev–Trinajstić information content (AvgIpc) is 3.42. The predicted octanol–water partition coefficient (Wildman–Crippen LogP) is 5.10. The van der Waals surface area contributed by atoms with Gasteiger partial charge in [-0.1, -0.05) is 33.7 Å². The molecule has 3 atom stereocenters. The molecule has 3 rings (SSSR count). The minimum Gasteiger partial charge on any atom is -0.497 e. The normalized spacial score (nSPS) is 22.5. The Bertz CT molecular complexity index is 951. The molecular formula is C26H37NO8S2. The summed E-state index contributed by atoms with van der Waals surface area (Å²) < 4.78 is 27.9. The number of benzene rings is 1. The summed E-state index contributed by atoms with van der Waals surface area (Å²) in [5, 5.41) is 0. The number of amides is 1. The number of carbonyl (C=O) groups excluding carboxylic acids is 3. The summed E-state index contributed by atoms with van der Waals surface area (Å²) in [7, 11) is 4.83. The van der Waals surface area contributed by atoms with Gasteiger partial charge in [-0.05, 0) is 65.7 Å². The molecule has 0 spiro atoms. The second-order valence-electron chi connectivity index (χ2n) is 11.0. The Morgan fingerprint density at radius 2 is 1.51 bits per heavy atom. The van der Waals surface area contributed by atoms with Crippen molar-refractivity contribution in [3.8, 4) is 5.75 Å². The molecule has 0 N–H and O–H groups in total. The van der Waals surface area contributed by atoms with Gasteiger partial charge in [-0.15, -0.1) is 0 Å². The fourth-order valence-electron chi connectivity index (χ4n) is 3.95. The van der Waals surface area contributed by atoms with Gasteiger partial charge in [-0.3, -0.25) is 9.69 Å². The van der Waals surface area contributed by atoms with Crippen molar-refractivity contribution in [1.29, 1.82) is 0 Å². The third-order valence-electron chi connectivity index (χ3n) is 5.60. The van der Waals surface area contributed by atoms with E-state index >= 15 is 0 Å². The first-order valence-corrected chi connectivity index (χ1v) is 14.7. The molecule has 37 heavy (non-hydrogen) atoms. The van der Waals surface area contributed by atoms with Gasteiger partial charge in [0.15, 0.2) is 12.2 Å². The molecule has 0 saturated carbocycles. The van der Waals surface area contributed by atoms with E-state index < -0.39 is 41.7 Å². The maximum atomic E-state index is 13.3. The van der Waals surface area contributed by atoms with E-state index in [0.29, 0.717) is 23.7 Å². The van der Waals surface area contributed by atoms with Crippen LogP contribution in [0.3, 0.4) is 0 Å². The lowest BCUT2D eigenvalue weighted by Crippen LogP contribution is -2.46. The van der Waals surface area contributed by atoms with Crippen molar-refractivity contribution in [2.75, 3.05) is 25.2 Å². The maximum absolute atomic E-state index is 13.3. The highest BCUT2D eigenvalue weighted by Crippen LogP contribution is 2.37. The summed E-state index contributed by atoms with van der Waals surface area (Å²) >= 11 is 0. The van der Waals surface area contributed by atoms with Crippen LogP contribution in [0.15, 0.2) is 24.3 Å². The number of rotatable bonds is 6. The second kappa shape index (κ2) is 12.1. The zero-order valence-corrected chi connectivity index (χ0v) is 24.1. The minimum absolute atomic E-state index is 0.00108. The molecule has 0 unspecified atom stereocenters. The number of methoxy groups -OCH3 is 1. The SMILES string of the molecule is COc1ccc(C[C@@H]2[C@H](OC(=O)C3CSSC3)[C@@H](OC(=O)OC(C)(C)C)CN2C(=O)OC(C)(C)C)cc1. The van der Waals surface area contributed by atoms with Crippen LogP contribution in [0.4, 0.5) is 9.59 Å². The molecule has 11 heteroatoms. The largest absolute Gasteiger partial charge is 0.509 e. The minimum atomic E-state index is -0.920. The van der Waals surface area contributed by atoms with Crippen LogP contribution >= 0.6 is 21.6 Å². The van der Waals surface area contributed by atoms with Crippen LogP contribution in [0.25, 0.3) is 0 Å². The lowest BCUT2D eigenvalue weighted by Gasteiger charge is -2.30. The smallest absolute Gasteiger partial charge is 0.497 e. The summed E-state index contributed by atoms with van der Waals surface area (Å²) in [6, 6.07) is 6.80. The number of ether oxygens (including phenoxy) is 5. The Morgan fingerprint density at radius 3 is 2.05 bits per heavy atom. The molecular weight excluding hydrogens is 518 g/mol. The third kappa shape index (κ3) is 8.63. The van der Waals surface area contributed by atoms with Crippen LogP contribution < -0.4 is 4.74 Å². The van der Waals surface area contributed by atoms with Crippen LogP contribution in [-0.4, -0.2) is 77.7 Å². The number of hydrogen-bond donors (Lipinski definition) is 0. The van der Waals surface area contributed by atoms with Gasteiger partial charge in [0, 0.05) is 11.5 Å². The summed E-state index contributed by atoms with van der Waals surface area (Å²) in [5.41, 5.74) is -0.616. The van der Waals surface area contributed by atoms with Gasteiger partial charge in [0.2, 0.25) is 0 Å². The van der Waals surface area contributed by atoms with Crippen LogP contribution in [0, 0.1) is 5.92 Å². The maximum Gasteiger partial charge on any atom is 0.509 e. The molecule has 1 aromatic rings. The Balaban J connectivity index is 1.92. The first kappa shape index (κ1) is 29.3. The average molecular weight is 556 g/mol. The summed E-state index contributed by atoms with van der Waals surface area (Å²) in [4.78, 5) is 40.4. The van der Waals surface area contributed by atoms with Crippen molar-refractivity contribution < 1.29 is 38.1 Å². The molecule has 2 fully saturated rings. The molecule has 2 heterocycles. The first-order valence-electron chi connectivity index (χ1n) is 12.2. The van der Waals surface area contributed by atoms with E-state index in [1.807, 2.05) is 24.3 Å². The Morgan fingerprint density at radius 1 is 0.919 bits per heavy atom. The number of hydrogen-bond acceptors (Lipinski definition) is 10. The fourth-order valence-corrected chi connectivity index (χ4v) is 6.69. The number of esters is 1. The molecule has 2 aliphatic heterocycles. The van der Waals surface area contributed by atoms with Crippen LogP contribution in [-0.2, 0) is 30.2 Å². The van der Waals surface area contributed by atoms with Crippen molar-refractivity contribution >= 4 is 39.8 Å². The first-order chi connectivity index (χ1) is 17.3. The summed E-state index contributed by atoms with van der Waals surface area (Å²) in [6.45, 7) is 10.5. The number of likely N-dealkylation sites (tertiary alicyclic amines) is 1. The quantitative estimate of drug-likeness (QED) is 0.268. The van der Waals surface area contributed by atoms with Gasteiger partial charge in [0.1, 0.15) is 17.0 Å². The highest BCUT2D eigenvalue weighted by atomic mass is 33.1. The van der Waals surface area contributed by atoms with E-state index in [0.717, 1.165) is 5.56 Å². The van der Waals surface area contributed by atoms with Crippen LogP contribution in [0.5, 0.6) is 5.75 Å². The van der Waals surface area contributed by atoms with E-state index in [1.165, 1.54) is 4.90 Å². The monoisotopic (exact) mass is 555 g/mol. The molecule has 0 bridgehead atoms. The van der Waals surface area contributed by atoms with Crippen molar-refractivity contribution in [2.45, 2.75) is 77.4 Å². The fraction of sp³-hybridized carbons (Fsp3) is 0.654. The van der Waals surface area contributed by atoms with Gasteiger partial charge >= 0.3 is 18.2 Å². The molecule has 0 aromatic heterocycles. The second-order valence-corrected chi connectivity index (χ2v) is 13.6. The van der Waals surface area contributed by atoms with Crippen molar-refractivity contribution in [3.63, 3.8) is 0 Å². The molecule has 206 valence electrons. The molecule has 2 saturated heterocycles. The molecule has 9 nitrogen and oxygen atoms in total. The van der Waals surface area contributed by atoms with Gasteiger partial charge in [-0.2, -0.15) is 0 Å². The lowest BCUT2D eigenvalue weighted by molar-refractivity contribution is -0.159. The molecule has 1 aromatic carbocycles. The highest BCUT2D eigenvalue weighted by molar-refractivity contribution is 8.77.